The standard InChI is InChI=1S/C28H28ClN7O2/c1-3-4-10-23-31-27(29)25(26(38)24-22(37)14-11-17(2)30-24)36(23)16-18-12-13-20(19-8-6-5-7-9-19)21(15-18)28-32-34-35-33-28/h5-9,11-15,26,37-38H,3-4,10,16H2,1-2H3,(H,32,33,34,35). The molecule has 9 nitrogen and oxygen atoms in total. The Labute approximate surface area is 225 Å². The average Bonchev–Trinajstić information content (AvgIpc) is 3.57. The highest BCUT2D eigenvalue weighted by atomic mass is 35.5. The monoisotopic (exact) mass is 529 g/mol. The van der Waals surface area contributed by atoms with Crippen molar-refractivity contribution in [3.05, 3.63) is 94.3 Å². The summed E-state index contributed by atoms with van der Waals surface area (Å²) >= 11 is 6.62. The largest absolute Gasteiger partial charge is 0.506 e. The fourth-order valence-corrected chi connectivity index (χ4v) is 4.85. The van der Waals surface area contributed by atoms with Crippen molar-refractivity contribution < 1.29 is 10.2 Å². The highest BCUT2D eigenvalue weighted by Gasteiger charge is 2.27. The maximum Gasteiger partial charge on any atom is 0.205 e. The molecular formula is C28H28ClN7O2. The summed E-state index contributed by atoms with van der Waals surface area (Å²) in [5.74, 6) is 1.13. The number of aromatic nitrogens is 7. The van der Waals surface area contributed by atoms with E-state index in [1.54, 1.807) is 13.0 Å². The van der Waals surface area contributed by atoms with Gasteiger partial charge in [0.25, 0.3) is 0 Å². The number of aryl methyl sites for hydroxylation is 2. The molecule has 5 rings (SSSR count). The number of imidazole rings is 1. The van der Waals surface area contributed by atoms with Gasteiger partial charge in [0.2, 0.25) is 5.82 Å². The number of aliphatic hydroxyl groups excluding tert-OH is 1. The number of aliphatic hydroxyl groups is 1. The summed E-state index contributed by atoms with van der Waals surface area (Å²) in [6.07, 6.45) is 1.33. The first-order chi connectivity index (χ1) is 18.5. The molecular weight excluding hydrogens is 502 g/mol. The number of halogens is 1. The molecule has 0 amide bonds. The number of benzene rings is 2. The van der Waals surface area contributed by atoms with Crippen LogP contribution in [0.1, 0.15) is 54.3 Å². The van der Waals surface area contributed by atoms with Crippen molar-refractivity contribution in [1.29, 1.82) is 0 Å². The van der Waals surface area contributed by atoms with Gasteiger partial charge in [0.05, 0.1) is 5.69 Å². The molecule has 3 aromatic heterocycles. The van der Waals surface area contributed by atoms with Gasteiger partial charge in [0, 0.05) is 24.2 Å². The zero-order chi connectivity index (χ0) is 26.6. The molecule has 5 aromatic rings. The van der Waals surface area contributed by atoms with Crippen LogP contribution in [-0.4, -0.2) is 45.4 Å². The summed E-state index contributed by atoms with van der Waals surface area (Å²) in [6.45, 7) is 4.30. The van der Waals surface area contributed by atoms with Crippen LogP contribution in [0.5, 0.6) is 5.75 Å². The molecule has 3 heterocycles. The minimum atomic E-state index is -1.26. The lowest BCUT2D eigenvalue weighted by atomic mass is 9.97. The number of nitrogens with zero attached hydrogens (tertiary/aromatic N) is 6. The first-order valence-electron chi connectivity index (χ1n) is 12.5. The molecule has 0 saturated carbocycles. The van der Waals surface area contributed by atoms with Crippen LogP contribution in [-0.2, 0) is 13.0 Å². The Morgan fingerprint density at radius 1 is 1.03 bits per heavy atom. The quantitative estimate of drug-likeness (QED) is 0.237. The lowest BCUT2D eigenvalue weighted by Gasteiger charge is -2.18. The average molecular weight is 530 g/mol. The number of hydrogen-bond donors (Lipinski definition) is 3. The van der Waals surface area contributed by atoms with E-state index in [0.717, 1.165) is 40.9 Å². The molecule has 0 saturated heterocycles. The van der Waals surface area contributed by atoms with Crippen LogP contribution in [0.4, 0.5) is 0 Å². The Morgan fingerprint density at radius 3 is 2.58 bits per heavy atom. The highest BCUT2D eigenvalue weighted by molar-refractivity contribution is 6.30. The van der Waals surface area contributed by atoms with Crippen molar-refractivity contribution >= 4 is 11.6 Å². The fourth-order valence-electron chi connectivity index (χ4n) is 4.55. The molecule has 38 heavy (non-hydrogen) atoms. The second-order valence-corrected chi connectivity index (χ2v) is 9.49. The molecule has 0 aliphatic carbocycles. The molecule has 194 valence electrons. The number of unbranched alkanes of at least 4 members (excludes halogenated alkanes) is 1. The third-order valence-corrected chi connectivity index (χ3v) is 6.73. The number of aromatic amines is 1. The van der Waals surface area contributed by atoms with Crippen LogP contribution in [0.25, 0.3) is 22.5 Å². The smallest absolute Gasteiger partial charge is 0.205 e. The number of pyridine rings is 1. The number of aromatic hydroxyl groups is 1. The first-order valence-corrected chi connectivity index (χ1v) is 12.9. The minimum Gasteiger partial charge on any atom is -0.506 e. The number of rotatable bonds is 9. The van der Waals surface area contributed by atoms with Gasteiger partial charge in [-0.05, 0) is 53.4 Å². The lowest BCUT2D eigenvalue weighted by molar-refractivity contribution is 0.200. The first kappa shape index (κ1) is 25.6. The molecule has 0 spiro atoms. The number of tetrazole rings is 1. The predicted octanol–water partition coefficient (Wildman–Crippen LogP) is 5.27. The molecule has 0 bridgehead atoms. The Morgan fingerprint density at radius 2 is 1.84 bits per heavy atom. The van der Waals surface area contributed by atoms with Gasteiger partial charge in [0.1, 0.15) is 23.4 Å². The van der Waals surface area contributed by atoms with Crippen molar-refractivity contribution in [3.63, 3.8) is 0 Å². The van der Waals surface area contributed by atoms with Gasteiger partial charge in [-0.3, -0.25) is 4.98 Å². The molecule has 1 unspecified atom stereocenters. The number of hydrogen-bond acceptors (Lipinski definition) is 7. The van der Waals surface area contributed by atoms with Crippen LogP contribution in [0, 0.1) is 6.92 Å². The van der Waals surface area contributed by atoms with Gasteiger partial charge in [0.15, 0.2) is 5.15 Å². The summed E-state index contributed by atoms with van der Waals surface area (Å²) in [4.78, 5) is 8.98. The van der Waals surface area contributed by atoms with Gasteiger partial charge in [-0.2, -0.15) is 5.21 Å². The Balaban J connectivity index is 1.60. The van der Waals surface area contributed by atoms with E-state index < -0.39 is 6.10 Å². The molecule has 0 aliphatic rings. The Bertz CT molecular complexity index is 1530. The zero-order valence-electron chi connectivity index (χ0n) is 21.1. The van der Waals surface area contributed by atoms with E-state index in [-0.39, 0.29) is 16.6 Å². The number of nitrogens with one attached hydrogen (secondary N) is 1. The maximum atomic E-state index is 11.4. The molecule has 3 N–H and O–H groups in total. The van der Waals surface area contributed by atoms with E-state index in [9.17, 15) is 10.2 Å². The third-order valence-electron chi connectivity index (χ3n) is 6.45. The van der Waals surface area contributed by atoms with E-state index >= 15 is 0 Å². The van der Waals surface area contributed by atoms with Crippen LogP contribution in [0.2, 0.25) is 5.15 Å². The van der Waals surface area contributed by atoms with Gasteiger partial charge < -0.3 is 14.8 Å². The minimum absolute atomic E-state index is 0.103. The topological polar surface area (TPSA) is 126 Å². The second kappa shape index (κ2) is 11.1. The summed E-state index contributed by atoms with van der Waals surface area (Å²) < 4.78 is 1.92. The summed E-state index contributed by atoms with van der Waals surface area (Å²) in [6, 6.07) is 19.3. The predicted molar refractivity (Wildman–Crippen MR) is 145 cm³/mol. The molecule has 2 aromatic carbocycles. The Kier molecular flexibility index (Phi) is 7.48. The summed E-state index contributed by atoms with van der Waals surface area (Å²) in [5, 5.41) is 36.7. The van der Waals surface area contributed by atoms with E-state index in [1.807, 2.05) is 53.1 Å². The second-order valence-electron chi connectivity index (χ2n) is 9.13. The highest BCUT2D eigenvalue weighted by Crippen LogP contribution is 2.35. The van der Waals surface area contributed by atoms with Crippen molar-refractivity contribution in [2.45, 2.75) is 45.8 Å². The van der Waals surface area contributed by atoms with Crippen LogP contribution < -0.4 is 0 Å². The normalized spacial score (nSPS) is 12.1. The van der Waals surface area contributed by atoms with Crippen molar-refractivity contribution in [2.75, 3.05) is 0 Å². The molecule has 0 aliphatic heterocycles. The molecule has 0 radical (unpaired) electrons. The number of H-pyrrole nitrogens is 1. The zero-order valence-corrected chi connectivity index (χ0v) is 21.9. The van der Waals surface area contributed by atoms with E-state index in [4.69, 9.17) is 11.6 Å². The van der Waals surface area contributed by atoms with E-state index in [2.05, 4.69) is 37.5 Å². The van der Waals surface area contributed by atoms with Crippen LogP contribution >= 0.6 is 11.6 Å². The van der Waals surface area contributed by atoms with Gasteiger partial charge in [-0.15, -0.1) is 10.2 Å². The van der Waals surface area contributed by atoms with E-state index in [1.165, 1.54) is 6.07 Å². The summed E-state index contributed by atoms with van der Waals surface area (Å²) in [7, 11) is 0. The molecule has 0 fully saturated rings. The third kappa shape index (κ3) is 5.16. The molecule has 1 atom stereocenters. The van der Waals surface area contributed by atoms with Gasteiger partial charge >= 0.3 is 0 Å². The Hall–Kier alpha value is -4.08. The molecule has 10 heteroatoms. The van der Waals surface area contributed by atoms with Crippen molar-refractivity contribution in [3.8, 4) is 28.3 Å². The lowest BCUT2D eigenvalue weighted by Crippen LogP contribution is -2.14. The van der Waals surface area contributed by atoms with Crippen LogP contribution in [0.3, 0.4) is 0 Å². The van der Waals surface area contributed by atoms with E-state index in [0.29, 0.717) is 30.2 Å². The van der Waals surface area contributed by atoms with Gasteiger partial charge in [-0.1, -0.05) is 67.4 Å². The van der Waals surface area contributed by atoms with Crippen molar-refractivity contribution in [1.82, 2.24) is 35.2 Å². The summed E-state index contributed by atoms with van der Waals surface area (Å²) in [5.41, 5.74) is 4.97. The SMILES string of the molecule is CCCCc1nc(Cl)c(C(O)c2nc(C)ccc2O)n1Cc1ccc(-c2ccccc2)c(-c2nn[nH]n2)c1. The fraction of sp³-hybridized carbons (Fsp3) is 0.250. The van der Waals surface area contributed by atoms with Crippen LogP contribution in [0.15, 0.2) is 60.7 Å². The maximum absolute atomic E-state index is 11.4. The van der Waals surface area contributed by atoms with Crippen molar-refractivity contribution in [2.24, 2.45) is 0 Å². The van der Waals surface area contributed by atoms with Gasteiger partial charge in [-0.25, -0.2) is 4.98 Å².